The van der Waals surface area contributed by atoms with Gasteiger partial charge in [0.2, 0.25) is 0 Å². The van der Waals surface area contributed by atoms with E-state index < -0.39 is 6.10 Å². The van der Waals surface area contributed by atoms with Crippen LogP contribution in [0, 0.1) is 6.92 Å². The van der Waals surface area contributed by atoms with E-state index in [1.807, 2.05) is 30.0 Å². The monoisotopic (exact) mass is 308 g/mol. The molecule has 0 saturated carbocycles. The molecule has 3 atom stereocenters. The van der Waals surface area contributed by atoms with E-state index in [2.05, 4.69) is 6.92 Å². The third kappa shape index (κ3) is 3.38. The summed E-state index contributed by atoms with van der Waals surface area (Å²) in [6, 6.07) is 6.03. The molecule has 21 heavy (non-hydrogen) atoms. The highest BCUT2D eigenvalue weighted by Crippen LogP contribution is 2.40. The molecule has 4 heteroatoms. The summed E-state index contributed by atoms with van der Waals surface area (Å²) < 4.78 is 12.3. The Morgan fingerprint density at radius 1 is 1.48 bits per heavy atom. The SMILES string of the molecule is Cc1ccc(C(C)O)c(OC2CCOC3(CCSC3)C2)c1. The zero-order chi connectivity index (χ0) is 14.9. The van der Waals surface area contributed by atoms with E-state index in [1.54, 1.807) is 6.92 Å². The van der Waals surface area contributed by atoms with Gasteiger partial charge in [0.25, 0.3) is 0 Å². The minimum Gasteiger partial charge on any atom is -0.490 e. The summed E-state index contributed by atoms with van der Waals surface area (Å²) in [5.41, 5.74) is 2.07. The lowest BCUT2D eigenvalue weighted by atomic mass is 9.91. The second-order valence-corrected chi connectivity index (χ2v) is 7.39. The highest BCUT2D eigenvalue weighted by atomic mass is 32.2. The molecular weight excluding hydrogens is 284 g/mol. The maximum Gasteiger partial charge on any atom is 0.125 e. The second-order valence-electron chi connectivity index (χ2n) is 6.28. The van der Waals surface area contributed by atoms with E-state index in [-0.39, 0.29) is 11.7 Å². The Morgan fingerprint density at radius 2 is 2.33 bits per heavy atom. The smallest absolute Gasteiger partial charge is 0.125 e. The van der Waals surface area contributed by atoms with Crippen molar-refractivity contribution in [3.05, 3.63) is 29.3 Å². The van der Waals surface area contributed by atoms with Crippen LogP contribution in [0.3, 0.4) is 0 Å². The minimum absolute atomic E-state index is 0.0302. The van der Waals surface area contributed by atoms with Crippen LogP contribution in [0.15, 0.2) is 18.2 Å². The van der Waals surface area contributed by atoms with Crippen molar-refractivity contribution in [3.8, 4) is 5.75 Å². The molecule has 2 heterocycles. The molecular formula is C17H24O3S. The molecule has 0 aliphatic carbocycles. The molecule has 1 aromatic rings. The molecule has 3 rings (SSSR count). The van der Waals surface area contributed by atoms with E-state index >= 15 is 0 Å². The quantitative estimate of drug-likeness (QED) is 0.928. The molecule has 0 radical (unpaired) electrons. The van der Waals surface area contributed by atoms with E-state index in [0.29, 0.717) is 0 Å². The van der Waals surface area contributed by atoms with E-state index in [4.69, 9.17) is 9.47 Å². The van der Waals surface area contributed by atoms with Crippen molar-refractivity contribution in [3.63, 3.8) is 0 Å². The molecule has 2 saturated heterocycles. The Bertz CT molecular complexity index is 495. The Morgan fingerprint density at radius 3 is 3.05 bits per heavy atom. The van der Waals surface area contributed by atoms with Gasteiger partial charge in [-0.2, -0.15) is 11.8 Å². The molecule has 0 aromatic heterocycles. The molecule has 1 aromatic carbocycles. The molecule has 0 bridgehead atoms. The fourth-order valence-electron chi connectivity index (χ4n) is 3.22. The van der Waals surface area contributed by atoms with Gasteiger partial charge in [0, 0.05) is 24.2 Å². The number of aliphatic hydroxyl groups excluding tert-OH is 1. The van der Waals surface area contributed by atoms with Gasteiger partial charge in [-0.1, -0.05) is 12.1 Å². The molecule has 3 nitrogen and oxygen atoms in total. The lowest BCUT2D eigenvalue weighted by Gasteiger charge is -2.38. The van der Waals surface area contributed by atoms with Crippen molar-refractivity contribution >= 4 is 11.8 Å². The average Bonchev–Trinajstić information content (AvgIpc) is 2.86. The molecule has 3 unspecified atom stereocenters. The van der Waals surface area contributed by atoms with Crippen molar-refractivity contribution in [1.82, 2.24) is 0 Å². The summed E-state index contributed by atoms with van der Waals surface area (Å²) in [6.07, 6.45) is 2.72. The molecule has 1 N–H and O–H groups in total. The van der Waals surface area contributed by atoms with Crippen molar-refractivity contribution < 1.29 is 14.6 Å². The number of benzene rings is 1. The lowest BCUT2D eigenvalue weighted by molar-refractivity contribution is -0.0961. The number of thioether (sulfide) groups is 1. The summed E-state index contributed by atoms with van der Waals surface area (Å²) in [6.45, 7) is 4.62. The normalized spacial score (nSPS) is 30.5. The van der Waals surface area contributed by atoms with E-state index in [0.717, 1.165) is 48.5 Å². The number of rotatable bonds is 3. The van der Waals surface area contributed by atoms with E-state index in [9.17, 15) is 5.11 Å². The van der Waals surface area contributed by atoms with Gasteiger partial charge in [0.1, 0.15) is 11.9 Å². The van der Waals surface area contributed by atoms with Gasteiger partial charge in [-0.15, -0.1) is 0 Å². The third-order valence-corrected chi connectivity index (χ3v) is 5.65. The topological polar surface area (TPSA) is 38.7 Å². The molecule has 2 aliphatic rings. The predicted octanol–water partition coefficient (Wildman–Crippen LogP) is 3.48. The van der Waals surface area contributed by atoms with Crippen LogP contribution in [0.5, 0.6) is 5.75 Å². The summed E-state index contributed by atoms with van der Waals surface area (Å²) >= 11 is 1.98. The summed E-state index contributed by atoms with van der Waals surface area (Å²) in [5, 5.41) is 9.92. The largest absolute Gasteiger partial charge is 0.490 e. The van der Waals surface area contributed by atoms with Gasteiger partial charge in [0.05, 0.1) is 18.3 Å². The highest BCUT2D eigenvalue weighted by Gasteiger charge is 2.41. The van der Waals surface area contributed by atoms with Crippen molar-refractivity contribution in [1.29, 1.82) is 0 Å². The number of hydrogen-bond donors (Lipinski definition) is 1. The number of hydrogen-bond acceptors (Lipinski definition) is 4. The minimum atomic E-state index is -0.503. The fraction of sp³-hybridized carbons (Fsp3) is 0.647. The first-order chi connectivity index (χ1) is 10.1. The van der Waals surface area contributed by atoms with Crippen LogP contribution in [0.4, 0.5) is 0 Å². The van der Waals surface area contributed by atoms with Crippen LogP contribution >= 0.6 is 11.8 Å². The zero-order valence-corrected chi connectivity index (χ0v) is 13.6. The second kappa shape index (κ2) is 6.19. The third-order valence-electron chi connectivity index (χ3n) is 4.43. The first kappa shape index (κ1) is 15.2. The van der Waals surface area contributed by atoms with Crippen molar-refractivity contribution in [2.24, 2.45) is 0 Å². The van der Waals surface area contributed by atoms with Crippen LogP contribution in [-0.2, 0) is 4.74 Å². The maximum atomic E-state index is 9.92. The van der Waals surface area contributed by atoms with Crippen molar-refractivity contribution in [2.75, 3.05) is 18.1 Å². The first-order valence-corrected chi connectivity index (χ1v) is 8.90. The van der Waals surface area contributed by atoms with Crippen LogP contribution in [0.25, 0.3) is 0 Å². The van der Waals surface area contributed by atoms with Gasteiger partial charge >= 0.3 is 0 Å². The Labute approximate surface area is 131 Å². The highest BCUT2D eigenvalue weighted by molar-refractivity contribution is 7.99. The van der Waals surface area contributed by atoms with Gasteiger partial charge < -0.3 is 14.6 Å². The van der Waals surface area contributed by atoms with Crippen LogP contribution in [0.1, 0.15) is 43.4 Å². The van der Waals surface area contributed by atoms with Crippen molar-refractivity contribution in [2.45, 2.75) is 50.9 Å². The number of aliphatic hydroxyl groups is 1. The van der Waals surface area contributed by atoms with Gasteiger partial charge in [0.15, 0.2) is 0 Å². The number of aryl methyl sites for hydroxylation is 1. The first-order valence-electron chi connectivity index (χ1n) is 7.75. The Hall–Kier alpha value is -0.710. The summed E-state index contributed by atoms with van der Waals surface area (Å²) in [5.74, 6) is 3.11. The van der Waals surface area contributed by atoms with Gasteiger partial charge in [-0.25, -0.2) is 0 Å². The van der Waals surface area contributed by atoms with Gasteiger partial charge in [-0.3, -0.25) is 0 Å². The molecule has 2 aliphatic heterocycles. The Kier molecular flexibility index (Phi) is 4.48. The van der Waals surface area contributed by atoms with E-state index in [1.165, 1.54) is 5.75 Å². The van der Waals surface area contributed by atoms with Crippen LogP contribution < -0.4 is 4.74 Å². The number of ether oxygens (including phenoxy) is 2. The zero-order valence-electron chi connectivity index (χ0n) is 12.8. The van der Waals surface area contributed by atoms with Crippen LogP contribution in [0.2, 0.25) is 0 Å². The molecule has 1 spiro atoms. The maximum absolute atomic E-state index is 9.92. The van der Waals surface area contributed by atoms with Gasteiger partial charge in [-0.05, 0) is 37.7 Å². The molecule has 2 fully saturated rings. The summed E-state index contributed by atoms with van der Waals surface area (Å²) in [4.78, 5) is 0. The molecule has 0 amide bonds. The Balaban J connectivity index is 1.75. The average molecular weight is 308 g/mol. The summed E-state index contributed by atoms with van der Waals surface area (Å²) in [7, 11) is 0. The standard InChI is InChI=1S/C17H24O3S/c1-12-3-4-15(13(2)18)16(9-12)20-14-5-7-19-17(10-14)6-8-21-11-17/h3-4,9,13-14,18H,5-8,10-11H2,1-2H3. The fourth-order valence-corrected chi connectivity index (χ4v) is 4.59. The predicted molar refractivity (Wildman–Crippen MR) is 86.1 cm³/mol. The lowest BCUT2D eigenvalue weighted by Crippen LogP contribution is -2.43. The van der Waals surface area contributed by atoms with Crippen LogP contribution in [-0.4, -0.2) is 34.9 Å². The molecule has 116 valence electrons.